The van der Waals surface area contributed by atoms with Crippen molar-refractivity contribution in [2.75, 3.05) is 23.4 Å². The van der Waals surface area contributed by atoms with Crippen molar-refractivity contribution in [3.05, 3.63) is 35.5 Å². The first kappa shape index (κ1) is 15.9. The van der Waals surface area contributed by atoms with Gasteiger partial charge in [0.2, 0.25) is 5.95 Å². The molecule has 2 aromatic rings. The number of nitrogens with two attached hydrogens (primary N) is 1. The standard InChI is InChI=1S/C14H16F3N5/c1-3-8-10(18)5-4-6-11(8)21-13-20-7-9(14(15,16)17)12(19-2)22-13/h4-7H,3,18H2,1-2H3,(H2,19,20,21,22). The fourth-order valence-electron chi connectivity index (χ4n) is 2.08. The van der Waals surface area contributed by atoms with E-state index in [0.717, 1.165) is 11.8 Å². The van der Waals surface area contributed by atoms with Gasteiger partial charge in [0, 0.05) is 24.6 Å². The molecule has 0 unspecified atom stereocenters. The number of alkyl halides is 3. The first-order chi connectivity index (χ1) is 10.4. The lowest BCUT2D eigenvalue weighted by Crippen LogP contribution is -2.13. The first-order valence-corrected chi connectivity index (χ1v) is 6.63. The Morgan fingerprint density at radius 1 is 1.27 bits per heavy atom. The molecule has 8 heteroatoms. The molecule has 22 heavy (non-hydrogen) atoms. The maximum atomic E-state index is 12.8. The van der Waals surface area contributed by atoms with Gasteiger partial charge in [-0.05, 0) is 24.1 Å². The van der Waals surface area contributed by atoms with E-state index in [1.54, 1.807) is 18.2 Å². The van der Waals surface area contributed by atoms with E-state index in [9.17, 15) is 13.2 Å². The van der Waals surface area contributed by atoms with Gasteiger partial charge in [0.1, 0.15) is 11.4 Å². The fraction of sp³-hybridized carbons (Fsp3) is 0.286. The molecule has 5 nitrogen and oxygen atoms in total. The predicted octanol–water partition coefficient (Wildman–Crippen LogP) is 3.43. The third-order valence-corrected chi connectivity index (χ3v) is 3.14. The predicted molar refractivity (Wildman–Crippen MR) is 80.1 cm³/mol. The molecule has 0 saturated heterocycles. The zero-order valence-electron chi connectivity index (χ0n) is 12.1. The molecule has 0 amide bonds. The Balaban J connectivity index is 2.38. The van der Waals surface area contributed by atoms with Crippen LogP contribution >= 0.6 is 0 Å². The minimum absolute atomic E-state index is 0.0673. The number of anilines is 4. The highest BCUT2D eigenvalue weighted by Gasteiger charge is 2.35. The lowest BCUT2D eigenvalue weighted by atomic mass is 10.1. The summed E-state index contributed by atoms with van der Waals surface area (Å²) in [5.74, 6) is -0.218. The average molecular weight is 311 g/mol. The minimum Gasteiger partial charge on any atom is -0.398 e. The summed E-state index contributed by atoms with van der Waals surface area (Å²) >= 11 is 0. The smallest absolute Gasteiger partial charge is 0.398 e. The number of nitrogens with zero attached hydrogens (tertiary/aromatic N) is 2. The van der Waals surface area contributed by atoms with Gasteiger partial charge in [-0.3, -0.25) is 0 Å². The molecule has 0 fully saturated rings. The molecule has 0 saturated carbocycles. The molecule has 1 aromatic heterocycles. The molecule has 0 aliphatic rings. The zero-order valence-corrected chi connectivity index (χ0v) is 12.1. The number of rotatable bonds is 4. The van der Waals surface area contributed by atoms with Crippen LogP contribution in [0.1, 0.15) is 18.1 Å². The van der Waals surface area contributed by atoms with Gasteiger partial charge >= 0.3 is 6.18 Å². The summed E-state index contributed by atoms with van der Waals surface area (Å²) in [6.45, 7) is 1.93. The van der Waals surface area contributed by atoms with Crippen LogP contribution in [0.3, 0.4) is 0 Å². The second kappa shape index (κ2) is 6.08. The number of nitrogen functional groups attached to an aromatic ring is 1. The van der Waals surface area contributed by atoms with E-state index in [1.807, 2.05) is 6.92 Å². The molecule has 1 aromatic carbocycles. The van der Waals surface area contributed by atoms with Gasteiger partial charge in [0.05, 0.1) is 0 Å². The SMILES string of the molecule is CCc1c(N)cccc1Nc1ncc(C(F)(F)F)c(NC)n1. The van der Waals surface area contributed by atoms with Gasteiger partial charge in [-0.15, -0.1) is 0 Å². The largest absolute Gasteiger partial charge is 0.421 e. The monoisotopic (exact) mass is 311 g/mol. The van der Waals surface area contributed by atoms with Crippen LogP contribution in [0.4, 0.5) is 36.3 Å². The van der Waals surface area contributed by atoms with Gasteiger partial charge in [0.15, 0.2) is 0 Å². The van der Waals surface area contributed by atoms with Crippen LogP contribution < -0.4 is 16.4 Å². The van der Waals surface area contributed by atoms with Crippen molar-refractivity contribution in [2.24, 2.45) is 0 Å². The van der Waals surface area contributed by atoms with Gasteiger partial charge in [-0.25, -0.2) is 4.98 Å². The third-order valence-electron chi connectivity index (χ3n) is 3.14. The van der Waals surface area contributed by atoms with Gasteiger partial charge in [0.25, 0.3) is 0 Å². The van der Waals surface area contributed by atoms with Crippen LogP contribution in [0, 0.1) is 0 Å². The molecule has 2 rings (SSSR count). The van der Waals surface area contributed by atoms with Crippen LogP contribution in [0.25, 0.3) is 0 Å². The molecular formula is C14H16F3N5. The lowest BCUT2D eigenvalue weighted by molar-refractivity contribution is -0.137. The summed E-state index contributed by atoms with van der Waals surface area (Å²) in [5.41, 5.74) is 7.10. The Hall–Kier alpha value is -2.51. The Kier molecular flexibility index (Phi) is 4.39. The number of hydrogen-bond donors (Lipinski definition) is 3. The minimum atomic E-state index is -4.51. The number of halogens is 3. The van der Waals surface area contributed by atoms with Crippen molar-refractivity contribution < 1.29 is 13.2 Å². The average Bonchev–Trinajstić information content (AvgIpc) is 2.46. The van der Waals surface area contributed by atoms with Crippen LogP contribution in [-0.4, -0.2) is 17.0 Å². The Labute approximate surface area is 125 Å². The lowest BCUT2D eigenvalue weighted by Gasteiger charge is -2.15. The summed E-state index contributed by atoms with van der Waals surface area (Å²) in [4.78, 5) is 7.59. The van der Waals surface area contributed by atoms with Gasteiger partial charge in [-0.2, -0.15) is 18.2 Å². The summed E-state index contributed by atoms with van der Waals surface area (Å²) in [6.07, 6.45) is -3.09. The van der Waals surface area contributed by atoms with Crippen LogP contribution in [0.15, 0.2) is 24.4 Å². The van der Waals surface area contributed by atoms with E-state index in [1.165, 1.54) is 7.05 Å². The molecule has 0 atom stereocenters. The molecule has 0 bridgehead atoms. The van der Waals surface area contributed by atoms with E-state index in [-0.39, 0.29) is 11.8 Å². The maximum absolute atomic E-state index is 12.8. The van der Waals surface area contributed by atoms with Crippen LogP contribution in [-0.2, 0) is 12.6 Å². The summed E-state index contributed by atoms with van der Waals surface area (Å²) in [6, 6.07) is 5.28. The Bertz CT molecular complexity index is 670. The van der Waals surface area contributed by atoms with E-state index in [2.05, 4.69) is 20.6 Å². The third kappa shape index (κ3) is 3.21. The van der Waals surface area contributed by atoms with Crippen molar-refractivity contribution >= 4 is 23.1 Å². The summed E-state index contributed by atoms with van der Waals surface area (Å²) in [7, 11) is 1.37. The van der Waals surface area contributed by atoms with Crippen molar-refractivity contribution in [2.45, 2.75) is 19.5 Å². The molecule has 0 aliphatic heterocycles. The number of aromatic nitrogens is 2. The Morgan fingerprint density at radius 2 is 2.00 bits per heavy atom. The van der Waals surface area contributed by atoms with E-state index >= 15 is 0 Å². The van der Waals surface area contributed by atoms with E-state index in [4.69, 9.17) is 5.73 Å². The van der Waals surface area contributed by atoms with Crippen molar-refractivity contribution in [3.63, 3.8) is 0 Å². The van der Waals surface area contributed by atoms with Gasteiger partial charge < -0.3 is 16.4 Å². The molecule has 118 valence electrons. The number of nitrogens with one attached hydrogen (secondary N) is 2. The quantitative estimate of drug-likeness (QED) is 0.754. The van der Waals surface area contributed by atoms with Crippen molar-refractivity contribution in [1.82, 2.24) is 9.97 Å². The molecule has 0 radical (unpaired) electrons. The van der Waals surface area contributed by atoms with Gasteiger partial charge in [-0.1, -0.05) is 13.0 Å². The second-order valence-electron chi connectivity index (χ2n) is 4.56. The number of hydrogen-bond acceptors (Lipinski definition) is 5. The summed E-state index contributed by atoms with van der Waals surface area (Å²) < 4.78 is 38.4. The maximum Gasteiger partial charge on any atom is 0.421 e. The van der Waals surface area contributed by atoms with E-state index < -0.39 is 11.7 Å². The Morgan fingerprint density at radius 3 is 2.59 bits per heavy atom. The summed E-state index contributed by atoms with van der Waals surface area (Å²) in [5, 5.41) is 5.34. The first-order valence-electron chi connectivity index (χ1n) is 6.63. The molecule has 1 heterocycles. The normalized spacial score (nSPS) is 11.3. The van der Waals surface area contributed by atoms with Crippen LogP contribution in [0.2, 0.25) is 0 Å². The van der Waals surface area contributed by atoms with Crippen molar-refractivity contribution in [1.29, 1.82) is 0 Å². The second-order valence-corrected chi connectivity index (χ2v) is 4.56. The highest BCUT2D eigenvalue weighted by molar-refractivity contribution is 5.67. The molecule has 0 aliphatic carbocycles. The fourth-order valence-corrected chi connectivity index (χ4v) is 2.08. The molecule has 0 spiro atoms. The molecular weight excluding hydrogens is 295 g/mol. The van der Waals surface area contributed by atoms with Crippen molar-refractivity contribution in [3.8, 4) is 0 Å². The zero-order chi connectivity index (χ0) is 16.3. The number of benzene rings is 1. The highest BCUT2D eigenvalue weighted by atomic mass is 19.4. The topological polar surface area (TPSA) is 75.9 Å². The highest BCUT2D eigenvalue weighted by Crippen LogP contribution is 2.34. The molecule has 4 N–H and O–H groups in total. The van der Waals surface area contributed by atoms with Crippen LogP contribution in [0.5, 0.6) is 0 Å². The van der Waals surface area contributed by atoms with E-state index in [0.29, 0.717) is 17.8 Å².